The lowest BCUT2D eigenvalue weighted by Gasteiger charge is -2.20. The molecule has 0 aliphatic heterocycles. The molecule has 17 heavy (non-hydrogen) atoms. The first kappa shape index (κ1) is 13.8. The Labute approximate surface area is 103 Å². The zero-order valence-electron chi connectivity index (χ0n) is 11.0. The smallest absolute Gasteiger partial charge is 0.309 e. The van der Waals surface area contributed by atoms with Gasteiger partial charge >= 0.3 is 5.97 Å². The van der Waals surface area contributed by atoms with Crippen LogP contribution in [0.4, 0.5) is 0 Å². The van der Waals surface area contributed by atoms with Crippen LogP contribution in [0, 0.1) is 12.8 Å². The van der Waals surface area contributed by atoms with Crippen LogP contribution in [-0.4, -0.2) is 31.6 Å². The molecule has 0 radical (unpaired) electrons. The van der Waals surface area contributed by atoms with Gasteiger partial charge in [0.25, 0.3) is 0 Å². The topological polar surface area (TPSA) is 42.7 Å². The van der Waals surface area contributed by atoms with Gasteiger partial charge in [0.2, 0.25) is 0 Å². The standard InChI is InChI=1S/C13H21NO3/c1-5-11(13(15)16-4)8-14(3)9-12-7-6-10(2)17-12/h6-7,11H,5,8-9H2,1-4H3. The normalized spacial score (nSPS) is 12.8. The monoisotopic (exact) mass is 239 g/mol. The molecule has 0 saturated carbocycles. The van der Waals surface area contributed by atoms with Crippen LogP contribution < -0.4 is 0 Å². The lowest BCUT2D eigenvalue weighted by Crippen LogP contribution is -2.30. The van der Waals surface area contributed by atoms with Gasteiger partial charge in [0, 0.05) is 6.54 Å². The second-order valence-electron chi connectivity index (χ2n) is 4.34. The number of ether oxygens (including phenoxy) is 1. The Morgan fingerprint density at radius 3 is 2.71 bits per heavy atom. The minimum Gasteiger partial charge on any atom is -0.469 e. The molecule has 1 aromatic heterocycles. The molecule has 4 heteroatoms. The van der Waals surface area contributed by atoms with Crippen molar-refractivity contribution in [3.8, 4) is 0 Å². The van der Waals surface area contributed by atoms with Crippen LogP contribution in [0.5, 0.6) is 0 Å². The fraction of sp³-hybridized carbons (Fsp3) is 0.615. The van der Waals surface area contributed by atoms with Crippen molar-refractivity contribution in [2.45, 2.75) is 26.8 Å². The number of furan rings is 1. The van der Waals surface area contributed by atoms with Gasteiger partial charge in [0.15, 0.2) is 0 Å². The first-order valence-electron chi connectivity index (χ1n) is 5.88. The highest BCUT2D eigenvalue weighted by atomic mass is 16.5. The molecule has 0 aromatic carbocycles. The molecule has 96 valence electrons. The Morgan fingerprint density at radius 1 is 1.53 bits per heavy atom. The maximum Gasteiger partial charge on any atom is 0.309 e. The summed E-state index contributed by atoms with van der Waals surface area (Å²) in [5.74, 6) is 1.62. The third-order valence-corrected chi connectivity index (χ3v) is 2.78. The third kappa shape index (κ3) is 4.23. The van der Waals surface area contributed by atoms with Crippen molar-refractivity contribution < 1.29 is 13.9 Å². The van der Waals surface area contributed by atoms with E-state index in [1.54, 1.807) is 0 Å². The molecule has 1 rings (SSSR count). The predicted molar refractivity (Wildman–Crippen MR) is 65.6 cm³/mol. The van der Waals surface area contributed by atoms with E-state index >= 15 is 0 Å². The van der Waals surface area contributed by atoms with Gasteiger partial charge in [-0.2, -0.15) is 0 Å². The highest BCUT2D eigenvalue weighted by Crippen LogP contribution is 2.12. The summed E-state index contributed by atoms with van der Waals surface area (Å²) in [6.07, 6.45) is 0.786. The van der Waals surface area contributed by atoms with E-state index in [4.69, 9.17) is 9.15 Å². The molecule has 1 aromatic rings. The molecule has 0 fully saturated rings. The van der Waals surface area contributed by atoms with Gasteiger partial charge in [-0.25, -0.2) is 0 Å². The van der Waals surface area contributed by atoms with Crippen molar-refractivity contribution in [1.82, 2.24) is 4.90 Å². The molecular formula is C13H21NO3. The molecule has 0 aliphatic carbocycles. The number of nitrogens with zero attached hydrogens (tertiary/aromatic N) is 1. The van der Waals surface area contributed by atoms with Crippen LogP contribution in [0.25, 0.3) is 0 Å². The number of carbonyl (C=O) groups is 1. The van der Waals surface area contributed by atoms with E-state index < -0.39 is 0 Å². The molecule has 4 nitrogen and oxygen atoms in total. The Morgan fingerprint density at radius 2 is 2.24 bits per heavy atom. The zero-order chi connectivity index (χ0) is 12.8. The summed E-state index contributed by atoms with van der Waals surface area (Å²) in [6.45, 7) is 5.31. The molecule has 0 saturated heterocycles. The summed E-state index contributed by atoms with van der Waals surface area (Å²) >= 11 is 0. The Hall–Kier alpha value is -1.29. The average molecular weight is 239 g/mol. The summed E-state index contributed by atoms with van der Waals surface area (Å²) in [5.41, 5.74) is 0. The van der Waals surface area contributed by atoms with Gasteiger partial charge in [-0.05, 0) is 32.5 Å². The Balaban J connectivity index is 2.47. The fourth-order valence-electron chi connectivity index (χ4n) is 1.81. The molecule has 1 atom stereocenters. The van der Waals surface area contributed by atoms with Crippen LogP contribution in [0.2, 0.25) is 0 Å². The first-order valence-corrected chi connectivity index (χ1v) is 5.88. The Bertz CT molecular complexity index is 359. The van der Waals surface area contributed by atoms with Crippen LogP contribution in [0.3, 0.4) is 0 Å². The van der Waals surface area contributed by atoms with E-state index in [-0.39, 0.29) is 11.9 Å². The van der Waals surface area contributed by atoms with Crippen LogP contribution >= 0.6 is 0 Å². The SMILES string of the molecule is CCC(CN(C)Cc1ccc(C)o1)C(=O)OC. The second kappa shape index (κ2) is 6.45. The summed E-state index contributed by atoms with van der Waals surface area (Å²) in [4.78, 5) is 13.5. The number of hydrogen-bond donors (Lipinski definition) is 0. The summed E-state index contributed by atoms with van der Waals surface area (Å²) in [6, 6.07) is 3.91. The molecule has 1 unspecified atom stereocenters. The molecular weight excluding hydrogens is 218 g/mol. The number of aryl methyl sites for hydroxylation is 1. The third-order valence-electron chi connectivity index (χ3n) is 2.78. The van der Waals surface area contributed by atoms with Crippen LogP contribution in [0.15, 0.2) is 16.5 Å². The van der Waals surface area contributed by atoms with E-state index in [1.165, 1.54) is 7.11 Å². The molecule has 0 amide bonds. The highest BCUT2D eigenvalue weighted by molar-refractivity contribution is 5.72. The van der Waals surface area contributed by atoms with Crippen molar-refractivity contribution in [1.29, 1.82) is 0 Å². The molecule has 0 bridgehead atoms. The second-order valence-corrected chi connectivity index (χ2v) is 4.34. The van der Waals surface area contributed by atoms with Crippen molar-refractivity contribution in [3.63, 3.8) is 0 Å². The molecule has 0 aliphatic rings. The summed E-state index contributed by atoms with van der Waals surface area (Å²) in [7, 11) is 3.41. The molecule has 0 spiro atoms. The predicted octanol–water partition coefficient (Wildman–Crippen LogP) is 2.22. The lowest BCUT2D eigenvalue weighted by atomic mass is 10.1. The van der Waals surface area contributed by atoms with Gasteiger partial charge in [0.1, 0.15) is 11.5 Å². The van der Waals surface area contributed by atoms with Crippen molar-refractivity contribution >= 4 is 5.97 Å². The van der Waals surface area contributed by atoms with Crippen LogP contribution in [0.1, 0.15) is 24.9 Å². The van der Waals surface area contributed by atoms with Gasteiger partial charge in [-0.3, -0.25) is 9.69 Å². The van der Waals surface area contributed by atoms with Gasteiger partial charge < -0.3 is 9.15 Å². The number of hydrogen-bond acceptors (Lipinski definition) is 4. The first-order chi connectivity index (χ1) is 8.06. The number of rotatable bonds is 6. The minimum absolute atomic E-state index is 0.0685. The van der Waals surface area contributed by atoms with Crippen molar-refractivity contribution in [2.75, 3.05) is 20.7 Å². The van der Waals surface area contributed by atoms with E-state index in [9.17, 15) is 4.79 Å². The van der Waals surface area contributed by atoms with Crippen molar-refractivity contribution in [3.05, 3.63) is 23.7 Å². The summed E-state index contributed by atoms with van der Waals surface area (Å²) < 4.78 is 10.3. The van der Waals surface area contributed by atoms with Gasteiger partial charge in [-0.15, -0.1) is 0 Å². The number of esters is 1. The summed E-state index contributed by atoms with van der Waals surface area (Å²) in [5, 5.41) is 0. The fourth-order valence-corrected chi connectivity index (χ4v) is 1.81. The quantitative estimate of drug-likeness (QED) is 0.714. The van der Waals surface area contributed by atoms with Crippen molar-refractivity contribution in [2.24, 2.45) is 5.92 Å². The highest BCUT2D eigenvalue weighted by Gasteiger charge is 2.19. The van der Waals surface area contributed by atoms with Gasteiger partial charge in [-0.1, -0.05) is 6.92 Å². The molecule has 1 heterocycles. The van der Waals surface area contributed by atoms with Crippen LogP contribution in [-0.2, 0) is 16.1 Å². The minimum atomic E-state index is -0.144. The average Bonchev–Trinajstić information content (AvgIpc) is 2.70. The lowest BCUT2D eigenvalue weighted by molar-refractivity contribution is -0.146. The number of methoxy groups -OCH3 is 1. The Kier molecular flexibility index (Phi) is 5.22. The van der Waals surface area contributed by atoms with E-state index in [2.05, 4.69) is 4.90 Å². The molecule has 0 N–H and O–H groups in total. The van der Waals surface area contributed by atoms with E-state index in [0.717, 1.165) is 17.9 Å². The largest absolute Gasteiger partial charge is 0.469 e. The maximum atomic E-state index is 11.5. The number of carbonyl (C=O) groups excluding carboxylic acids is 1. The van der Waals surface area contributed by atoms with E-state index in [0.29, 0.717) is 13.1 Å². The van der Waals surface area contributed by atoms with E-state index in [1.807, 2.05) is 33.0 Å². The maximum absolute atomic E-state index is 11.5. The zero-order valence-corrected chi connectivity index (χ0v) is 11.0. The van der Waals surface area contributed by atoms with Gasteiger partial charge in [0.05, 0.1) is 19.6 Å².